The van der Waals surface area contributed by atoms with E-state index in [0.29, 0.717) is 37.6 Å². The molecule has 0 radical (unpaired) electrons. The molecule has 6 nitrogen and oxygen atoms in total. The molecule has 3 rings (SSSR count). The van der Waals surface area contributed by atoms with E-state index in [1.807, 2.05) is 43.3 Å². The van der Waals surface area contributed by atoms with Gasteiger partial charge in [-0.15, -0.1) is 0 Å². The number of methoxy groups -OCH3 is 1. The first-order valence-electron chi connectivity index (χ1n) is 8.86. The molecule has 142 valence electrons. The van der Waals surface area contributed by atoms with Gasteiger partial charge in [0.1, 0.15) is 29.4 Å². The standard InChI is InChI=1S/C21H23NO5/c1-3-25-16-4-6-17(7-5-16)26-11-10-22-14-15-12-21(23)27-20-13-18(24-2)8-9-19(15)20/h4-9,12-13,22H,3,10-11,14H2,1-2H3. The lowest BCUT2D eigenvalue weighted by Crippen LogP contribution is -2.21. The Hall–Kier alpha value is -2.99. The Kier molecular flexibility index (Phi) is 6.33. The van der Waals surface area contributed by atoms with Crippen molar-refractivity contribution in [2.45, 2.75) is 13.5 Å². The Morgan fingerprint density at radius 3 is 2.37 bits per heavy atom. The van der Waals surface area contributed by atoms with Crippen molar-refractivity contribution >= 4 is 11.0 Å². The van der Waals surface area contributed by atoms with Gasteiger partial charge in [0.05, 0.1) is 13.7 Å². The normalized spacial score (nSPS) is 10.7. The van der Waals surface area contributed by atoms with E-state index in [9.17, 15) is 4.79 Å². The van der Waals surface area contributed by atoms with Crippen molar-refractivity contribution in [3.8, 4) is 17.2 Å². The van der Waals surface area contributed by atoms with Crippen LogP contribution in [0.15, 0.2) is 57.7 Å². The molecule has 0 aliphatic carbocycles. The van der Waals surface area contributed by atoms with Crippen LogP contribution in [0.25, 0.3) is 11.0 Å². The number of hydrogen-bond acceptors (Lipinski definition) is 6. The fraction of sp³-hybridized carbons (Fsp3) is 0.286. The summed E-state index contributed by atoms with van der Waals surface area (Å²) in [5.74, 6) is 2.27. The minimum Gasteiger partial charge on any atom is -0.497 e. The van der Waals surface area contributed by atoms with Gasteiger partial charge in [0.25, 0.3) is 0 Å². The zero-order chi connectivity index (χ0) is 19.1. The van der Waals surface area contributed by atoms with Crippen molar-refractivity contribution in [1.29, 1.82) is 0 Å². The number of benzene rings is 2. The fourth-order valence-corrected chi connectivity index (χ4v) is 2.75. The topological polar surface area (TPSA) is 69.9 Å². The summed E-state index contributed by atoms with van der Waals surface area (Å²) >= 11 is 0. The summed E-state index contributed by atoms with van der Waals surface area (Å²) in [5.41, 5.74) is 1.02. The van der Waals surface area contributed by atoms with Gasteiger partial charge in [0, 0.05) is 30.6 Å². The van der Waals surface area contributed by atoms with Crippen LogP contribution in [0.4, 0.5) is 0 Å². The van der Waals surface area contributed by atoms with Crippen LogP contribution in [0.2, 0.25) is 0 Å². The summed E-state index contributed by atoms with van der Waals surface area (Å²) in [6, 6.07) is 14.5. The summed E-state index contributed by atoms with van der Waals surface area (Å²) in [5, 5.41) is 4.17. The Morgan fingerprint density at radius 1 is 0.963 bits per heavy atom. The predicted molar refractivity (Wildman–Crippen MR) is 104 cm³/mol. The molecule has 0 bridgehead atoms. The van der Waals surface area contributed by atoms with E-state index in [1.54, 1.807) is 13.2 Å². The van der Waals surface area contributed by atoms with Gasteiger partial charge in [-0.2, -0.15) is 0 Å². The largest absolute Gasteiger partial charge is 0.497 e. The molecule has 6 heteroatoms. The van der Waals surface area contributed by atoms with E-state index < -0.39 is 0 Å². The molecule has 0 saturated carbocycles. The van der Waals surface area contributed by atoms with Gasteiger partial charge in [-0.05, 0) is 48.9 Å². The van der Waals surface area contributed by atoms with Crippen molar-refractivity contribution < 1.29 is 18.6 Å². The first-order chi connectivity index (χ1) is 13.2. The van der Waals surface area contributed by atoms with Crippen molar-refractivity contribution in [2.24, 2.45) is 0 Å². The first-order valence-corrected chi connectivity index (χ1v) is 8.86. The summed E-state index contributed by atoms with van der Waals surface area (Å²) in [4.78, 5) is 11.8. The van der Waals surface area contributed by atoms with E-state index in [4.69, 9.17) is 18.6 Å². The molecule has 1 N–H and O–H groups in total. The molecule has 0 aliphatic rings. The number of nitrogens with one attached hydrogen (secondary N) is 1. The first kappa shape index (κ1) is 18.8. The van der Waals surface area contributed by atoms with Crippen molar-refractivity contribution in [2.75, 3.05) is 26.9 Å². The van der Waals surface area contributed by atoms with E-state index in [-0.39, 0.29) is 5.63 Å². The maximum atomic E-state index is 11.8. The molecule has 1 aromatic heterocycles. The number of fused-ring (bicyclic) bond motifs is 1. The third-order valence-electron chi connectivity index (χ3n) is 4.04. The molecule has 0 saturated heterocycles. The predicted octanol–water partition coefficient (Wildman–Crippen LogP) is 3.37. The van der Waals surface area contributed by atoms with Crippen LogP contribution in [0.1, 0.15) is 12.5 Å². The molecule has 27 heavy (non-hydrogen) atoms. The Morgan fingerprint density at radius 2 is 1.67 bits per heavy atom. The van der Waals surface area contributed by atoms with Gasteiger partial charge in [0.15, 0.2) is 0 Å². The third-order valence-corrected chi connectivity index (χ3v) is 4.04. The number of rotatable bonds is 9. The molecule has 0 atom stereocenters. The second-order valence-electron chi connectivity index (χ2n) is 5.88. The number of ether oxygens (including phenoxy) is 3. The second-order valence-corrected chi connectivity index (χ2v) is 5.88. The van der Waals surface area contributed by atoms with E-state index in [2.05, 4.69) is 5.32 Å². The minimum absolute atomic E-state index is 0.377. The molecule has 0 amide bonds. The molecule has 3 aromatic rings. The Labute approximate surface area is 157 Å². The summed E-state index contributed by atoms with van der Waals surface area (Å²) in [6.07, 6.45) is 0. The average Bonchev–Trinajstić information content (AvgIpc) is 2.68. The smallest absolute Gasteiger partial charge is 0.336 e. The Bertz CT molecular complexity index is 933. The molecule has 0 unspecified atom stereocenters. The van der Waals surface area contributed by atoms with Crippen LogP contribution in [0.3, 0.4) is 0 Å². The van der Waals surface area contributed by atoms with Crippen molar-refractivity contribution in [1.82, 2.24) is 5.32 Å². The average molecular weight is 369 g/mol. The molecule has 0 aliphatic heterocycles. The number of hydrogen-bond donors (Lipinski definition) is 1. The minimum atomic E-state index is -0.377. The van der Waals surface area contributed by atoms with Crippen LogP contribution < -0.4 is 25.2 Å². The van der Waals surface area contributed by atoms with E-state index >= 15 is 0 Å². The highest BCUT2D eigenvalue weighted by Crippen LogP contribution is 2.22. The Balaban J connectivity index is 1.53. The molecule has 2 aromatic carbocycles. The maximum absolute atomic E-state index is 11.8. The fourth-order valence-electron chi connectivity index (χ4n) is 2.75. The monoisotopic (exact) mass is 369 g/mol. The third kappa shape index (κ3) is 5.01. The van der Waals surface area contributed by atoms with E-state index in [0.717, 1.165) is 22.4 Å². The van der Waals surface area contributed by atoms with Gasteiger partial charge >= 0.3 is 5.63 Å². The quantitative estimate of drug-likeness (QED) is 0.461. The highest BCUT2D eigenvalue weighted by molar-refractivity contribution is 5.81. The van der Waals surface area contributed by atoms with Crippen LogP contribution in [-0.2, 0) is 6.54 Å². The van der Waals surface area contributed by atoms with Crippen molar-refractivity contribution in [3.63, 3.8) is 0 Å². The molecule has 0 spiro atoms. The highest BCUT2D eigenvalue weighted by atomic mass is 16.5. The van der Waals surface area contributed by atoms with Crippen LogP contribution in [0, 0.1) is 0 Å². The van der Waals surface area contributed by atoms with Gasteiger partial charge in [0.2, 0.25) is 0 Å². The van der Waals surface area contributed by atoms with Crippen LogP contribution >= 0.6 is 0 Å². The SMILES string of the molecule is CCOc1ccc(OCCNCc2cc(=O)oc3cc(OC)ccc23)cc1. The van der Waals surface area contributed by atoms with Gasteiger partial charge < -0.3 is 23.9 Å². The van der Waals surface area contributed by atoms with Crippen molar-refractivity contribution in [3.05, 3.63) is 64.5 Å². The van der Waals surface area contributed by atoms with Gasteiger partial charge in [-0.1, -0.05) is 0 Å². The molecule has 0 fully saturated rings. The lowest BCUT2D eigenvalue weighted by Gasteiger charge is -2.10. The second kappa shape index (κ2) is 9.09. The summed E-state index contributed by atoms with van der Waals surface area (Å²) < 4.78 is 21.5. The van der Waals surface area contributed by atoms with E-state index in [1.165, 1.54) is 6.07 Å². The zero-order valence-electron chi connectivity index (χ0n) is 15.5. The molecule has 1 heterocycles. The summed E-state index contributed by atoms with van der Waals surface area (Å²) in [6.45, 7) is 4.29. The maximum Gasteiger partial charge on any atom is 0.336 e. The van der Waals surface area contributed by atoms with Gasteiger partial charge in [-0.3, -0.25) is 0 Å². The van der Waals surface area contributed by atoms with Crippen LogP contribution in [0.5, 0.6) is 17.2 Å². The summed E-state index contributed by atoms with van der Waals surface area (Å²) in [7, 11) is 1.58. The lowest BCUT2D eigenvalue weighted by atomic mass is 10.1. The zero-order valence-corrected chi connectivity index (χ0v) is 15.5. The van der Waals surface area contributed by atoms with Gasteiger partial charge in [-0.25, -0.2) is 4.79 Å². The van der Waals surface area contributed by atoms with Crippen LogP contribution in [-0.4, -0.2) is 26.9 Å². The molecular formula is C21H23NO5. The highest BCUT2D eigenvalue weighted by Gasteiger charge is 2.07. The lowest BCUT2D eigenvalue weighted by molar-refractivity contribution is 0.311. The molecular weight excluding hydrogens is 346 g/mol.